The van der Waals surface area contributed by atoms with Crippen molar-refractivity contribution in [3.8, 4) is 11.5 Å². The van der Waals surface area contributed by atoms with E-state index in [1.54, 1.807) is 86.8 Å². The summed E-state index contributed by atoms with van der Waals surface area (Å²) in [5.74, 6) is -3.55. The van der Waals surface area contributed by atoms with Gasteiger partial charge >= 0.3 is 12.2 Å². The number of aromatic nitrogens is 4. The van der Waals surface area contributed by atoms with Crippen molar-refractivity contribution < 1.29 is 67.0 Å². The van der Waals surface area contributed by atoms with Crippen molar-refractivity contribution in [2.24, 2.45) is 0 Å². The number of methoxy groups -OCH3 is 2. The van der Waals surface area contributed by atoms with Gasteiger partial charge in [-0.15, -0.1) is 0 Å². The molecule has 81 heavy (non-hydrogen) atoms. The van der Waals surface area contributed by atoms with Gasteiger partial charge in [0.05, 0.1) is 44.1 Å². The molecule has 4 atom stereocenters. The lowest BCUT2D eigenvalue weighted by Crippen LogP contribution is -2.41. The molecule has 0 spiro atoms. The van der Waals surface area contributed by atoms with Crippen molar-refractivity contribution in [3.05, 3.63) is 151 Å². The number of halogens is 2. The monoisotopic (exact) mass is 1130 g/mol. The molecular weight excluding hydrogens is 1050 g/mol. The van der Waals surface area contributed by atoms with Crippen LogP contribution >= 0.6 is 0 Å². The van der Waals surface area contributed by atoms with E-state index in [0.29, 0.717) is 30.6 Å². The van der Waals surface area contributed by atoms with E-state index in [-0.39, 0.29) is 82.6 Å². The third kappa shape index (κ3) is 21.2. The number of aliphatic hydroxyl groups is 1. The fourth-order valence-corrected chi connectivity index (χ4v) is 8.33. The van der Waals surface area contributed by atoms with Gasteiger partial charge < -0.3 is 49.0 Å². The summed E-state index contributed by atoms with van der Waals surface area (Å²) in [6.45, 7) is 14.7. The second-order valence-corrected chi connectivity index (χ2v) is 21.0. The molecule has 5 aromatic rings. The largest absolute Gasteiger partial charge is 0.501 e. The SMILES string of the molecule is CCN(C(=O)OC(C)(C)C)C(CC[C@@H](CO)OC)c1nc(C(=O)CCc2ccc(F)cc2)c(O)c(=O)[nH]1.CCN(C(=O)OC(C)(C)C)C(CC[C@@H](COCc1ccccc1)OC)c1nc(C(=O)CCc2ccc(F)cc2)c(O)c(=O)[nH]1. The van der Waals surface area contributed by atoms with Crippen molar-refractivity contribution in [2.45, 2.75) is 149 Å². The number of ketones is 2. The third-order valence-corrected chi connectivity index (χ3v) is 12.6. The predicted molar refractivity (Wildman–Crippen MR) is 297 cm³/mol. The Morgan fingerprint density at radius 2 is 0.988 bits per heavy atom. The van der Waals surface area contributed by atoms with Crippen LogP contribution in [0.15, 0.2) is 88.5 Å². The second kappa shape index (κ2) is 31.6. The highest BCUT2D eigenvalue weighted by molar-refractivity contribution is 5.97. The van der Waals surface area contributed by atoms with Crippen molar-refractivity contribution in [1.82, 2.24) is 29.7 Å². The smallest absolute Gasteiger partial charge is 0.410 e. The zero-order valence-electron chi connectivity index (χ0n) is 47.9. The highest BCUT2D eigenvalue weighted by Crippen LogP contribution is 2.30. The Balaban J connectivity index is 0.000000354. The average molecular weight is 1130 g/mol. The first-order valence-electron chi connectivity index (χ1n) is 26.8. The number of aromatic amines is 2. The molecule has 3 aromatic carbocycles. The van der Waals surface area contributed by atoms with Crippen molar-refractivity contribution in [2.75, 3.05) is 40.5 Å². The minimum atomic E-state index is -0.925. The molecule has 0 aliphatic carbocycles. The van der Waals surface area contributed by atoms with Crippen LogP contribution in [0.1, 0.15) is 155 Å². The molecule has 2 aromatic heterocycles. The Kier molecular flexibility index (Phi) is 25.8. The summed E-state index contributed by atoms with van der Waals surface area (Å²) in [6, 6.07) is 19.4. The molecule has 5 N–H and O–H groups in total. The van der Waals surface area contributed by atoms with E-state index >= 15 is 0 Å². The first-order valence-corrected chi connectivity index (χ1v) is 26.8. The molecule has 0 fully saturated rings. The van der Waals surface area contributed by atoms with Gasteiger partial charge in [-0.1, -0.05) is 54.6 Å². The number of nitrogens with zero attached hydrogens (tertiary/aromatic N) is 4. The average Bonchev–Trinajstić information content (AvgIpc) is 3.45. The Morgan fingerprint density at radius 1 is 0.593 bits per heavy atom. The lowest BCUT2D eigenvalue weighted by atomic mass is 10.0. The molecule has 22 heteroatoms. The number of Topliss-reactive ketones (excluding diaryl/α,β-unsaturated/α-hetero) is 2. The molecule has 0 saturated heterocycles. The van der Waals surface area contributed by atoms with Crippen LogP contribution in [0.4, 0.5) is 18.4 Å². The maximum Gasteiger partial charge on any atom is 0.410 e. The number of carbonyl (C=O) groups excluding carboxylic acids is 4. The highest BCUT2D eigenvalue weighted by Gasteiger charge is 2.34. The van der Waals surface area contributed by atoms with E-state index in [4.69, 9.17) is 23.7 Å². The number of rotatable bonds is 27. The van der Waals surface area contributed by atoms with Crippen molar-refractivity contribution in [3.63, 3.8) is 0 Å². The molecule has 0 radical (unpaired) electrons. The fourth-order valence-electron chi connectivity index (χ4n) is 8.33. The first kappa shape index (κ1) is 66.1. The van der Waals surface area contributed by atoms with E-state index in [9.17, 15) is 52.9 Å². The number of nitrogens with one attached hydrogen (secondary N) is 2. The summed E-state index contributed by atoms with van der Waals surface area (Å²) >= 11 is 0. The number of amides is 2. The summed E-state index contributed by atoms with van der Waals surface area (Å²) in [5, 5.41) is 30.4. The number of aryl methyl sites for hydroxylation is 2. The number of aliphatic hydroxyl groups excluding tert-OH is 1. The molecule has 0 bridgehead atoms. The maximum absolute atomic E-state index is 13.3. The van der Waals surface area contributed by atoms with Crippen LogP contribution < -0.4 is 11.1 Å². The summed E-state index contributed by atoms with van der Waals surface area (Å²) in [5.41, 5.74) is -1.78. The molecule has 20 nitrogen and oxygen atoms in total. The van der Waals surface area contributed by atoms with E-state index in [0.717, 1.165) is 5.56 Å². The highest BCUT2D eigenvalue weighted by atomic mass is 19.1. The topological polar surface area (TPSA) is 273 Å². The van der Waals surface area contributed by atoms with Gasteiger partial charge in [-0.05, 0) is 135 Å². The standard InChI is InChI=1S/C33H42FN3O7.C26H36FN3O7/c1-6-37(32(41)44-33(2,3)4)26(18-17-25(42-5)21-43-20-23-10-8-7-9-11-23)30-35-28(29(39)31(40)36-30)27(38)19-14-22-12-15-24(34)16-13-22;1-6-30(25(35)37-26(2,3)4)19(13-12-18(15-31)36-5)23-28-21(22(33)24(34)29-23)20(32)14-9-16-7-10-17(27)11-8-16/h7-13,15-16,25-26,39H,6,14,17-21H2,1-5H3,(H,35,36,40);7-8,10-11,18-19,31,33H,6,9,12-15H2,1-5H3,(H,28,29,34)/t25-,26?;18-,19?/m00/s1. The first-order chi connectivity index (χ1) is 38.3. The normalized spacial score (nSPS) is 13.0. The molecular formula is C59H78F2N6O14. The minimum Gasteiger partial charge on any atom is -0.501 e. The zero-order chi connectivity index (χ0) is 60.0. The molecule has 0 saturated carbocycles. The van der Waals surface area contributed by atoms with Gasteiger partial charge in [0.1, 0.15) is 34.5 Å². The quantitative estimate of drug-likeness (QED) is 0.0306. The van der Waals surface area contributed by atoms with Gasteiger partial charge in [0.25, 0.3) is 11.1 Å². The number of aromatic hydroxyl groups is 2. The van der Waals surface area contributed by atoms with Crippen LogP contribution in [0.5, 0.6) is 11.5 Å². The number of benzene rings is 3. The Hall–Kier alpha value is -7.40. The lowest BCUT2D eigenvalue weighted by molar-refractivity contribution is -0.0105. The van der Waals surface area contributed by atoms with Crippen LogP contribution in [0, 0.1) is 11.6 Å². The number of carbonyl (C=O) groups is 4. The Labute approximate surface area is 470 Å². The van der Waals surface area contributed by atoms with Crippen LogP contribution in [-0.4, -0.2) is 133 Å². The Morgan fingerprint density at radius 3 is 1.35 bits per heavy atom. The fraction of sp³-hybridized carbons (Fsp3) is 0.492. The van der Waals surface area contributed by atoms with E-state index in [2.05, 4.69) is 19.9 Å². The van der Waals surface area contributed by atoms with Crippen molar-refractivity contribution >= 4 is 23.8 Å². The van der Waals surface area contributed by atoms with Crippen molar-refractivity contribution in [1.29, 1.82) is 0 Å². The molecule has 5 rings (SSSR count). The third-order valence-electron chi connectivity index (χ3n) is 12.6. The van der Waals surface area contributed by atoms with E-state index in [1.165, 1.54) is 41.2 Å². The minimum absolute atomic E-state index is 0.00608. The van der Waals surface area contributed by atoms with Crippen LogP contribution in [-0.2, 0) is 43.1 Å². The zero-order valence-corrected chi connectivity index (χ0v) is 47.9. The number of hydrogen-bond donors (Lipinski definition) is 5. The van der Waals surface area contributed by atoms with Gasteiger partial charge in [-0.25, -0.2) is 28.3 Å². The second-order valence-electron chi connectivity index (χ2n) is 21.0. The molecule has 442 valence electrons. The lowest BCUT2D eigenvalue weighted by Gasteiger charge is -2.33. The van der Waals surface area contributed by atoms with Gasteiger partial charge in [-0.3, -0.25) is 29.0 Å². The summed E-state index contributed by atoms with van der Waals surface area (Å²) in [6.07, 6.45) is -0.617. The molecule has 2 unspecified atom stereocenters. The van der Waals surface area contributed by atoms with E-state index in [1.807, 2.05) is 30.3 Å². The van der Waals surface area contributed by atoms with Gasteiger partial charge in [-0.2, -0.15) is 0 Å². The molecule has 2 amide bonds. The number of hydrogen-bond acceptors (Lipinski definition) is 16. The van der Waals surface area contributed by atoms with Gasteiger partial charge in [0.2, 0.25) is 11.5 Å². The molecule has 2 heterocycles. The summed E-state index contributed by atoms with van der Waals surface area (Å²) in [7, 11) is 3.01. The summed E-state index contributed by atoms with van der Waals surface area (Å²) in [4.78, 5) is 94.3. The van der Waals surface area contributed by atoms with Gasteiger partial charge in [0.15, 0.2) is 23.0 Å². The Bertz CT molecular complexity index is 2920. The van der Waals surface area contributed by atoms with Gasteiger partial charge in [0, 0.05) is 40.2 Å². The van der Waals surface area contributed by atoms with E-state index < -0.39 is 98.8 Å². The van der Waals surface area contributed by atoms with Crippen LogP contribution in [0.3, 0.4) is 0 Å². The number of ether oxygens (including phenoxy) is 5. The molecule has 0 aliphatic heterocycles. The van der Waals surface area contributed by atoms with Crippen LogP contribution in [0.2, 0.25) is 0 Å². The van der Waals surface area contributed by atoms with Crippen LogP contribution in [0.25, 0.3) is 0 Å². The summed E-state index contributed by atoms with van der Waals surface area (Å²) < 4.78 is 54.3. The number of H-pyrrole nitrogens is 2. The molecule has 0 aliphatic rings. The maximum atomic E-state index is 13.3. The predicted octanol–water partition coefficient (Wildman–Crippen LogP) is 9.26.